The van der Waals surface area contributed by atoms with E-state index in [9.17, 15) is 26.7 Å². The maximum absolute atomic E-state index is 13.3. The first-order valence-electron chi connectivity index (χ1n) is 9.43. The molecular weight excluding hydrogens is 433 g/mol. The second-order valence-corrected chi connectivity index (χ2v) is 6.49. The van der Waals surface area contributed by atoms with Crippen molar-refractivity contribution < 1.29 is 31.5 Å². The van der Waals surface area contributed by atoms with Crippen LogP contribution in [0.2, 0.25) is 0 Å². The summed E-state index contributed by atoms with van der Waals surface area (Å²) >= 11 is 0. The van der Waals surface area contributed by atoms with Crippen LogP contribution in [-0.4, -0.2) is 25.5 Å². The molecule has 32 heavy (non-hydrogen) atoms. The van der Waals surface area contributed by atoms with E-state index in [1.165, 1.54) is 30.5 Å². The summed E-state index contributed by atoms with van der Waals surface area (Å²) in [5.74, 6) is -1.90. The Labute approximate surface area is 182 Å². The van der Waals surface area contributed by atoms with Gasteiger partial charge in [0.25, 0.3) is 5.91 Å². The average molecular weight is 457 g/mol. The number of allylic oxidation sites excluding steroid dienone is 4. The maximum Gasteiger partial charge on any atom is 0.573 e. The number of alkyl halides is 3. The molecule has 0 saturated carbocycles. The molecule has 0 fully saturated rings. The molecule has 0 spiro atoms. The van der Waals surface area contributed by atoms with Crippen molar-refractivity contribution in [2.75, 3.05) is 11.9 Å². The van der Waals surface area contributed by atoms with E-state index < -0.39 is 18.0 Å². The van der Waals surface area contributed by atoms with Gasteiger partial charge in [0.1, 0.15) is 17.4 Å². The van der Waals surface area contributed by atoms with E-state index in [0.717, 1.165) is 6.08 Å². The molecular formula is C22H24F5N3O2. The van der Waals surface area contributed by atoms with Crippen LogP contribution in [0.3, 0.4) is 0 Å². The van der Waals surface area contributed by atoms with E-state index >= 15 is 0 Å². The molecule has 1 amide bonds. The number of halogens is 5. The van der Waals surface area contributed by atoms with Gasteiger partial charge in [0.15, 0.2) is 0 Å². The van der Waals surface area contributed by atoms with Crippen LogP contribution in [-0.2, 0) is 4.79 Å². The molecule has 5 nitrogen and oxygen atoms in total. The molecule has 0 unspecified atom stereocenters. The molecule has 1 aromatic rings. The lowest BCUT2D eigenvalue weighted by atomic mass is 10.1. The summed E-state index contributed by atoms with van der Waals surface area (Å²) in [7, 11) is 0. The first-order valence-corrected chi connectivity index (χ1v) is 9.43. The number of amides is 1. The molecule has 0 heterocycles. The number of aliphatic imine (C=N–C) groups is 1. The first-order chi connectivity index (χ1) is 15.0. The summed E-state index contributed by atoms with van der Waals surface area (Å²) < 4.78 is 66.7. The fourth-order valence-electron chi connectivity index (χ4n) is 2.51. The van der Waals surface area contributed by atoms with Gasteiger partial charge in [0, 0.05) is 36.5 Å². The van der Waals surface area contributed by atoms with Gasteiger partial charge in [-0.3, -0.25) is 4.79 Å². The smallest absolute Gasteiger partial charge is 0.406 e. The highest BCUT2D eigenvalue weighted by Crippen LogP contribution is 2.27. The number of rotatable bonds is 6. The lowest BCUT2D eigenvalue weighted by molar-refractivity contribution is -0.274. The van der Waals surface area contributed by atoms with Gasteiger partial charge < -0.3 is 15.8 Å². The largest absolute Gasteiger partial charge is 0.573 e. The van der Waals surface area contributed by atoms with E-state index in [0.29, 0.717) is 28.8 Å². The van der Waals surface area contributed by atoms with E-state index in [4.69, 9.17) is 5.73 Å². The van der Waals surface area contributed by atoms with E-state index in [2.05, 4.69) is 21.8 Å². The predicted octanol–water partition coefficient (Wildman–Crippen LogP) is 5.81. The molecule has 0 atom stereocenters. The highest BCUT2D eigenvalue weighted by atomic mass is 19.4. The van der Waals surface area contributed by atoms with Crippen molar-refractivity contribution in [3.8, 4) is 5.75 Å². The zero-order valence-corrected chi connectivity index (χ0v) is 17.6. The van der Waals surface area contributed by atoms with Crippen molar-refractivity contribution in [1.29, 1.82) is 0 Å². The number of hydrogen-bond donors (Lipinski definition) is 2. The fourth-order valence-corrected chi connectivity index (χ4v) is 2.51. The van der Waals surface area contributed by atoms with Crippen LogP contribution < -0.4 is 15.8 Å². The van der Waals surface area contributed by atoms with Crippen molar-refractivity contribution in [2.24, 2.45) is 10.7 Å². The van der Waals surface area contributed by atoms with Crippen molar-refractivity contribution in [3.05, 3.63) is 71.0 Å². The van der Waals surface area contributed by atoms with Gasteiger partial charge in [-0.15, -0.1) is 13.2 Å². The molecule has 0 bridgehead atoms. The van der Waals surface area contributed by atoms with Crippen LogP contribution in [0.25, 0.3) is 0 Å². The summed E-state index contributed by atoms with van der Waals surface area (Å²) in [6, 6.07) is 3.86. The Kier molecular flexibility index (Phi) is 10.3. The highest BCUT2D eigenvalue weighted by Gasteiger charge is 2.31. The summed E-state index contributed by atoms with van der Waals surface area (Å²) in [6.07, 6.45) is 0.686. The Morgan fingerprint density at radius 1 is 1.31 bits per heavy atom. The molecule has 0 saturated heterocycles. The third-order valence-corrected chi connectivity index (χ3v) is 4.09. The van der Waals surface area contributed by atoms with Gasteiger partial charge in [0.2, 0.25) is 0 Å². The SMILES string of the molecule is C=NC(=O)/C(=C\N)CC.Cc1cc(OC(F)(F)F)ccc1NCC1=CCC(F)=CC(F)=C1. The Balaban J connectivity index is 0.000000482. The van der Waals surface area contributed by atoms with Crippen molar-refractivity contribution in [3.63, 3.8) is 0 Å². The van der Waals surface area contributed by atoms with E-state index in [1.54, 1.807) is 13.0 Å². The number of anilines is 1. The third kappa shape index (κ3) is 9.59. The van der Waals surface area contributed by atoms with Gasteiger partial charge in [-0.05, 0) is 55.5 Å². The van der Waals surface area contributed by atoms with Crippen LogP contribution in [0.15, 0.2) is 70.4 Å². The van der Waals surface area contributed by atoms with Gasteiger partial charge in [-0.25, -0.2) is 13.8 Å². The van der Waals surface area contributed by atoms with Crippen LogP contribution in [0.4, 0.5) is 27.6 Å². The molecule has 0 radical (unpaired) electrons. The van der Waals surface area contributed by atoms with Crippen molar-refractivity contribution in [2.45, 2.75) is 33.1 Å². The van der Waals surface area contributed by atoms with E-state index in [-0.39, 0.29) is 24.6 Å². The summed E-state index contributed by atoms with van der Waals surface area (Å²) in [6.45, 7) is 6.75. The highest BCUT2D eigenvalue weighted by molar-refractivity contribution is 5.96. The number of nitrogens with one attached hydrogen (secondary N) is 1. The van der Waals surface area contributed by atoms with Gasteiger partial charge in [-0.2, -0.15) is 0 Å². The van der Waals surface area contributed by atoms with Crippen LogP contribution in [0.1, 0.15) is 25.3 Å². The Bertz CT molecular complexity index is 947. The zero-order chi connectivity index (χ0) is 24.3. The minimum atomic E-state index is -4.74. The van der Waals surface area contributed by atoms with Crippen molar-refractivity contribution in [1.82, 2.24) is 0 Å². The van der Waals surface area contributed by atoms with E-state index in [1.807, 2.05) is 6.92 Å². The van der Waals surface area contributed by atoms with Crippen molar-refractivity contribution >= 4 is 18.3 Å². The third-order valence-electron chi connectivity index (χ3n) is 4.09. The zero-order valence-electron chi connectivity index (χ0n) is 17.6. The number of aryl methyl sites for hydroxylation is 1. The van der Waals surface area contributed by atoms with Crippen LogP contribution >= 0.6 is 0 Å². The molecule has 10 heteroatoms. The Morgan fingerprint density at radius 2 is 2.00 bits per heavy atom. The standard InChI is InChI=1S/C16H14F5NO.C6H10N2O/c1-10-6-14(23-16(19,20)21)4-5-15(10)22-9-11-2-3-12(17)8-13(18)7-11;1-3-5(4-7)6(9)8-2/h2,4-8,22H,3,9H2,1H3;4H,2-3,7H2,1H3/b;5-4-. The summed E-state index contributed by atoms with van der Waals surface area (Å²) in [4.78, 5) is 13.8. The second-order valence-electron chi connectivity index (χ2n) is 6.49. The number of ether oxygens (including phenoxy) is 1. The number of nitrogens with zero attached hydrogens (tertiary/aromatic N) is 1. The molecule has 1 aliphatic carbocycles. The molecule has 1 aromatic carbocycles. The summed E-state index contributed by atoms with van der Waals surface area (Å²) in [5.41, 5.74) is 7.25. The molecule has 2 rings (SSSR count). The Morgan fingerprint density at radius 3 is 2.50 bits per heavy atom. The van der Waals surface area contributed by atoms with Gasteiger partial charge in [-0.1, -0.05) is 13.0 Å². The monoisotopic (exact) mass is 457 g/mol. The van der Waals surface area contributed by atoms with Gasteiger partial charge in [0.05, 0.1) is 0 Å². The lowest BCUT2D eigenvalue weighted by Crippen LogP contribution is -2.17. The number of benzene rings is 1. The minimum absolute atomic E-state index is 0.00171. The molecule has 0 aromatic heterocycles. The normalized spacial score (nSPS) is 14.1. The second kappa shape index (κ2) is 12.4. The minimum Gasteiger partial charge on any atom is -0.406 e. The molecule has 0 aliphatic heterocycles. The quantitative estimate of drug-likeness (QED) is 0.321. The number of carbonyl (C=O) groups excluding carboxylic acids is 1. The maximum atomic E-state index is 13.3. The predicted molar refractivity (Wildman–Crippen MR) is 115 cm³/mol. The molecule has 1 aliphatic rings. The van der Waals surface area contributed by atoms with Crippen LogP contribution in [0.5, 0.6) is 5.75 Å². The topological polar surface area (TPSA) is 76.7 Å². The fraction of sp³-hybridized carbons (Fsp3) is 0.273. The average Bonchev–Trinajstić information content (AvgIpc) is 2.87. The number of hydrogen-bond acceptors (Lipinski definition) is 4. The molecule has 3 N–H and O–H groups in total. The molecule has 174 valence electrons. The summed E-state index contributed by atoms with van der Waals surface area (Å²) in [5, 5.41) is 2.97. The van der Waals surface area contributed by atoms with Gasteiger partial charge >= 0.3 is 6.36 Å². The Hall–Kier alpha value is -3.43. The first kappa shape index (κ1) is 26.6. The van der Waals surface area contributed by atoms with Crippen LogP contribution in [0, 0.1) is 6.92 Å². The lowest BCUT2D eigenvalue weighted by Gasteiger charge is -2.13. The number of nitrogens with two attached hydrogens (primary N) is 1. The number of carbonyl (C=O) groups is 1.